The Morgan fingerprint density at radius 2 is 1.88 bits per heavy atom. The molecular formula is C20H23N3O2. The van der Waals surface area contributed by atoms with Crippen LogP contribution in [0, 0.1) is 5.92 Å². The van der Waals surface area contributed by atoms with Crippen LogP contribution in [0.1, 0.15) is 28.8 Å². The molecule has 1 saturated heterocycles. The van der Waals surface area contributed by atoms with E-state index in [0.29, 0.717) is 31.6 Å². The van der Waals surface area contributed by atoms with Crippen molar-refractivity contribution < 1.29 is 9.59 Å². The lowest BCUT2D eigenvalue weighted by Crippen LogP contribution is -2.31. The second kappa shape index (κ2) is 7.92. The Hall–Kier alpha value is -2.69. The summed E-state index contributed by atoms with van der Waals surface area (Å²) in [5, 5.41) is 0. The van der Waals surface area contributed by atoms with Gasteiger partial charge in [-0.15, -0.1) is 0 Å². The van der Waals surface area contributed by atoms with E-state index in [9.17, 15) is 9.59 Å². The van der Waals surface area contributed by atoms with Crippen LogP contribution in [0.3, 0.4) is 0 Å². The number of carbonyl (C=O) groups is 2. The van der Waals surface area contributed by atoms with Crippen LogP contribution in [-0.2, 0) is 11.3 Å². The quantitative estimate of drug-likeness (QED) is 0.843. The van der Waals surface area contributed by atoms with Crippen molar-refractivity contribution in [2.75, 3.05) is 20.1 Å². The average molecular weight is 337 g/mol. The monoisotopic (exact) mass is 337 g/mol. The van der Waals surface area contributed by atoms with Gasteiger partial charge >= 0.3 is 0 Å². The number of amides is 2. The second-order valence-electron chi connectivity index (χ2n) is 6.58. The van der Waals surface area contributed by atoms with E-state index in [4.69, 9.17) is 0 Å². The summed E-state index contributed by atoms with van der Waals surface area (Å²) < 4.78 is 0. The molecule has 1 unspecified atom stereocenters. The Labute approximate surface area is 148 Å². The summed E-state index contributed by atoms with van der Waals surface area (Å²) in [6, 6.07) is 13.4. The number of hydrogen-bond acceptors (Lipinski definition) is 3. The van der Waals surface area contributed by atoms with Gasteiger partial charge in [0.05, 0.1) is 0 Å². The molecule has 2 aromatic rings. The van der Waals surface area contributed by atoms with E-state index in [1.807, 2.05) is 42.3 Å². The molecule has 25 heavy (non-hydrogen) atoms. The topological polar surface area (TPSA) is 53.5 Å². The van der Waals surface area contributed by atoms with Crippen LogP contribution in [0.5, 0.6) is 0 Å². The molecule has 5 nitrogen and oxygen atoms in total. The van der Waals surface area contributed by atoms with Crippen molar-refractivity contribution in [3.05, 3.63) is 66.0 Å². The molecule has 1 fully saturated rings. The van der Waals surface area contributed by atoms with Crippen LogP contribution in [-0.4, -0.2) is 46.7 Å². The van der Waals surface area contributed by atoms with Gasteiger partial charge < -0.3 is 9.80 Å². The van der Waals surface area contributed by atoms with E-state index in [-0.39, 0.29) is 17.7 Å². The molecule has 1 aromatic carbocycles. The molecule has 0 radical (unpaired) electrons. The van der Waals surface area contributed by atoms with E-state index >= 15 is 0 Å². The van der Waals surface area contributed by atoms with Gasteiger partial charge in [0.1, 0.15) is 0 Å². The van der Waals surface area contributed by atoms with Crippen LogP contribution in [0.2, 0.25) is 0 Å². The number of aromatic nitrogens is 1. The second-order valence-corrected chi connectivity index (χ2v) is 6.58. The van der Waals surface area contributed by atoms with Crippen LogP contribution in [0.15, 0.2) is 54.9 Å². The molecule has 1 aliphatic heterocycles. The Morgan fingerprint density at radius 1 is 1.16 bits per heavy atom. The molecule has 2 amide bonds. The van der Waals surface area contributed by atoms with Crippen molar-refractivity contribution in [3.8, 4) is 0 Å². The standard InChI is InChI=1S/C20H23N3O2/c1-22(14-16-5-3-2-4-6-16)19(24)13-17-9-12-23(15-17)20(25)18-7-10-21-11-8-18/h2-8,10-11,17H,9,12-15H2,1H3. The Kier molecular flexibility index (Phi) is 5.43. The summed E-state index contributed by atoms with van der Waals surface area (Å²) in [7, 11) is 1.84. The summed E-state index contributed by atoms with van der Waals surface area (Å²) in [4.78, 5) is 32.5. The number of rotatable bonds is 5. The van der Waals surface area contributed by atoms with Gasteiger partial charge in [-0.1, -0.05) is 30.3 Å². The van der Waals surface area contributed by atoms with Crippen molar-refractivity contribution in [1.82, 2.24) is 14.8 Å². The molecule has 0 spiro atoms. The van der Waals surface area contributed by atoms with Gasteiger partial charge in [-0.25, -0.2) is 0 Å². The number of nitrogens with zero attached hydrogens (tertiary/aromatic N) is 3. The van der Waals surface area contributed by atoms with Crippen LogP contribution in [0.4, 0.5) is 0 Å². The predicted octanol–water partition coefficient (Wildman–Crippen LogP) is 2.59. The van der Waals surface area contributed by atoms with E-state index in [1.54, 1.807) is 29.4 Å². The minimum atomic E-state index is 0.0231. The maximum atomic E-state index is 12.5. The number of benzene rings is 1. The van der Waals surface area contributed by atoms with Crippen LogP contribution in [0.25, 0.3) is 0 Å². The molecule has 0 aliphatic carbocycles. The number of hydrogen-bond donors (Lipinski definition) is 0. The van der Waals surface area contributed by atoms with Crippen molar-refractivity contribution in [2.24, 2.45) is 5.92 Å². The van der Waals surface area contributed by atoms with Crippen LogP contribution >= 0.6 is 0 Å². The zero-order valence-electron chi connectivity index (χ0n) is 14.5. The fourth-order valence-corrected chi connectivity index (χ4v) is 3.21. The third-order valence-corrected chi connectivity index (χ3v) is 4.65. The summed E-state index contributed by atoms with van der Waals surface area (Å²) in [5.41, 5.74) is 1.78. The average Bonchev–Trinajstić information content (AvgIpc) is 3.11. The third kappa shape index (κ3) is 4.44. The van der Waals surface area contributed by atoms with Crippen molar-refractivity contribution in [1.29, 1.82) is 0 Å². The maximum absolute atomic E-state index is 12.5. The van der Waals surface area contributed by atoms with Gasteiger partial charge in [-0.2, -0.15) is 0 Å². The Bertz CT molecular complexity index is 718. The highest BCUT2D eigenvalue weighted by molar-refractivity contribution is 5.94. The van der Waals surface area contributed by atoms with Gasteiger partial charge in [-0.3, -0.25) is 14.6 Å². The van der Waals surface area contributed by atoms with E-state index < -0.39 is 0 Å². The lowest BCUT2D eigenvalue weighted by atomic mass is 10.0. The highest BCUT2D eigenvalue weighted by Crippen LogP contribution is 2.22. The molecule has 5 heteroatoms. The molecular weight excluding hydrogens is 314 g/mol. The Balaban J connectivity index is 1.51. The highest BCUT2D eigenvalue weighted by atomic mass is 16.2. The first-order chi connectivity index (χ1) is 12.1. The zero-order chi connectivity index (χ0) is 17.6. The molecule has 1 aromatic heterocycles. The van der Waals surface area contributed by atoms with Gasteiger partial charge in [0.2, 0.25) is 5.91 Å². The smallest absolute Gasteiger partial charge is 0.253 e. The summed E-state index contributed by atoms with van der Waals surface area (Å²) >= 11 is 0. The first-order valence-corrected chi connectivity index (χ1v) is 8.60. The van der Waals surface area contributed by atoms with Gasteiger partial charge in [0, 0.05) is 51.1 Å². The van der Waals surface area contributed by atoms with Crippen molar-refractivity contribution >= 4 is 11.8 Å². The van der Waals surface area contributed by atoms with Crippen molar-refractivity contribution in [2.45, 2.75) is 19.4 Å². The molecule has 130 valence electrons. The van der Waals surface area contributed by atoms with Gasteiger partial charge in [-0.05, 0) is 30.0 Å². The van der Waals surface area contributed by atoms with E-state index in [2.05, 4.69) is 4.98 Å². The summed E-state index contributed by atoms with van der Waals surface area (Å²) in [6.07, 6.45) is 4.62. The molecule has 1 aliphatic rings. The predicted molar refractivity (Wildman–Crippen MR) is 95.8 cm³/mol. The van der Waals surface area contributed by atoms with Crippen LogP contribution < -0.4 is 0 Å². The number of carbonyl (C=O) groups excluding carboxylic acids is 2. The van der Waals surface area contributed by atoms with Gasteiger partial charge in [0.15, 0.2) is 0 Å². The SMILES string of the molecule is CN(Cc1ccccc1)C(=O)CC1CCN(C(=O)c2ccncc2)C1. The first kappa shape index (κ1) is 17.1. The summed E-state index contributed by atoms with van der Waals surface area (Å²) in [5.74, 6) is 0.388. The molecule has 0 saturated carbocycles. The number of pyridine rings is 1. The van der Waals surface area contributed by atoms with Gasteiger partial charge in [0.25, 0.3) is 5.91 Å². The fraction of sp³-hybridized carbons (Fsp3) is 0.350. The largest absolute Gasteiger partial charge is 0.341 e. The van der Waals surface area contributed by atoms with E-state index in [1.165, 1.54) is 0 Å². The normalized spacial score (nSPS) is 16.7. The molecule has 0 bridgehead atoms. The van der Waals surface area contributed by atoms with E-state index in [0.717, 1.165) is 12.0 Å². The molecule has 1 atom stereocenters. The number of likely N-dealkylation sites (tertiary alicyclic amines) is 1. The van der Waals surface area contributed by atoms with Crippen molar-refractivity contribution in [3.63, 3.8) is 0 Å². The minimum Gasteiger partial charge on any atom is -0.341 e. The summed E-state index contributed by atoms with van der Waals surface area (Å²) in [6.45, 7) is 1.97. The third-order valence-electron chi connectivity index (χ3n) is 4.65. The maximum Gasteiger partial charge on any atom is 0.253 e. The zero-order valence-corrected chi connectivity index (χ0v) is 14.5. The lowest BCUT2D eigenvalue weighted by molar-refractivity contribution is -0.131. The Morgan fingerprint density at radius 3 is 2.60 bits per heavy atom. The highest BCUT2D eigenvalue weighted by Gasteiger charge is 2.29. The first-order valence-electron chi connectivity index (χ1n) is 8.60. The fourth-order valence-electron chi connectivity index (χ4n) is 3.21. The minimum absolute atomic E-state index is 0.0231. The lowest BCUT2D eigenvalue weighted by Gasteiger charge is -2.20. The molecule has 3 rings (SSSR count). The molecule has 2 heterocycles. The molecule has 0 N–H and O–H groups in total.